The van der Waals surface area contributed by atoms with E-state index in [9.17, 15) is 13.2 Å². The molecule has 1 atom stereocenters. The molecular weight excluding hydrogens is 262 g/mol. The predicted molar refractivity (Wildman–Crippen MR) is 70.8 cm³/mol. The summed E-state index contributed by atoms with van der Waals surface area (Å²) in [4.78, 5) is 10.4. The van der Waals surface area contributed by atoms with Crippen molar-refractivity contribution in [2.75, 3.05) is 6.54 Å². The van der Waals surface area contributed by atoms with Gasteiger partial charge in [-0.1, -0.05) is 19.1 Å². The predicted octanol–water partition coefficient (Wildman–Crippen LogP) is -0.374. The van der Waals surface area contributed by atoms with E-state index in [0.29, 0.717) is 19.3 Å². The number of nitrogens with two attached hydrogens (primary N) is 2. The summed E-state index contributed by atoms with van der Waals surface area (Å²) in [5.41, 5.74) is 10.3. The molecule has 0 aliphatic rings. The Kier molecular flexibility index (Phi) is 7.24. The molecule has 0 radical (unpaired) electrons. The number of amides is 1. The molecule has 0 bridgehead atoms. The Bertz CT molecular complexity index is 368. The molecule has 0 rings (SSSR count). The summed E-state index contributed by atoms with van der Waals surface area (Å²) in [7, 11) is -3.50. The summed E-state index contributed by atoms with van der Waals surface area (Å²) in [6, 6.07) is 0. The van der Waals surface area contributed by atoms with Gasteiger partial charge in [0.1, 0.15) is 5.25 Å². The highest BCUT2D eigenvalue weighted by Gasteiger charge is 2.25. The lowest BCUT2D eigenvalue weighted by Gasteiger charge is -2.14. The quantitative estimate of drug-likeness (QED) is 0.394. The molecule has 0 saturated heterocycles. The maximum atomic E-state index is 11.7. The van der Waals surface area contributed by atoms with Crippen LogP contribution in [0.25, 0.3) is 0 Å². The summed E-state index contributed by atoms with van der Waals surface area (Å²) in [6.07, 6.45) is 1.71. The summed E-state index contributed by atoms with van der Waals surface area (Å²) in [5.74, 6) is -0.387. The molecule has 0 aromatic rings. The van der Waals surface area contributed by atoms with Crippen molar-refractivity contribution >= 4 is 33.1 Å². The number of sulfonamides is 1. The Hall–Kier alpha value is -0.730. The molecule has 0 aliphatic carbocycles. The first kappa shape index (κ1) is 16.3. The number of thiocarbonyl (C=S) groups is 1. The second-order valence-corrected chi connectivity index (χ2v) is 6.08. The maximum Gasteiger partial charge on any atom is 0.220 e. The van der Waals surface area contributed by atoms with Crippen molar-refractivity contribution in [3.63, 3.8) is 0 Å². The smallest absolute Gasteiger partial charge is 0.220 e. The molecule has 17 heavy (non-hydrogen) atoms. The van der Waals surface area contributed by atoms with Crippen molar-refractivity contribution < 1.29 is 13.2 Å². The normalized spacial score (nSPS) is 13.2. The number of hydrogen-bond donors (Lipinski definition) is 3. The zero-order valence-corrected chi connectivity index (χ0v) is 11.4. The van der Waals surface area contributed by atoms with Gasteiger partial charge in [-0.3, -0.25) is 4.79 Å². The van der Waals surface area contributed by atoms with Gasteiger partial charge in [-0.2, -0.15) is 0 Å². The Morgan fingerprint density at radius 1 is 1.35 bits per heavy atom. The lowest BCUT2D eigenvalue weighted by molar-refractivity contribution is -0.118. The van der Waals surface area contributed by atoms with E-state index in [2.05, 4.69) is 4.72 Å². The van der Waals surface area contributed by atoms with E-state index in [1.807, 2.05) is 0 Å². The van der Waals surface area contributed by atoms with Gasteiger partial charge in [0.25, 0.3) is 0 Å². The van der Waals surface area contributed by atoms with Gasteiger partial charge in [-0.05, 0) is 19.3 Å². The fourth-order valence-electron chi connectivity index (χ4n) is 1.31. The van der Waals surface area contributed by atoms with Gasteiger partial charge >= 0.3 is 0 Å². The molecule has 0 heterocycles. The van der Waals surface area contributed by atoms with Crippen LogP contribution < -0.4 is 16.2 Å². The Balaban J connectivity index is 4.10. The van der Waals surface area contributed by atoms with Gasteiger partial charge in [0.05, 0.1) is 4.99 Å². The second-order valence-electron chi connectivity index (χ2n) is 3.66. The van der Waals surface area contributed by atoms with Crippen LogP contribution in [0, 0.1) is 0 Å². The first-order valence-electron chi connectivity index (χ1n) is 5.37. The van der Waals surface area contributed by atoms with Crippen LogP contribution in [-0.4, -0.2) is 31.1 Å². The average Bonchev–Trinajstić information content (AvgIpc) is 2.16. The van der Waals surface area contributed by atoms with E-state index in [1.54, 1.807) is 6.92 Å². The van der Waals surface area contributed by atoms with Crippen molar-refractivity contribution in [1.29, 1.82) is 0 Å². The van der Waals surface area contributed by atoms with E-state index >= 15 is 0 Å². The van der Waals surface area contributed by atoms with E-state index in [-0.39, 0.29) is 23.9 Å². The monoisotopic (exact) mass is 281 g/mol. The molecule has 0 aromatic heterocycles. The van der Waals surface area contributed by atoms with Crippen LogP contribution in [0.4, 0.5) is 0 Å². The molecule has 6 nitrogen and oxygen atoms in total. The summed E-state index contributed by atoms with van der Waals surface area (Å²) < 4.78 is 25.9. The number of unbranched alkanes of at least 4 members (excludes halogenated alkanes) is 1. The van der Waals surface area contributed by atoms with Gasteiger partial charge in [-0.25, -0.2) is 13.1 Å². The molecule has 0 fully saturated rings. The van der Waals surface area contributed by atoms with Crippen molar-refractivity contribution in [3.8, 4) is 0 Å². The number of primary amides is 1. The summed E-state index contributed by atoms with van der Waals surface area (Å²) >= 11 is 4.70. The fourth-order valence-corrected chi connectivity index (χ4v) is 3.23. The molecular formula is C9H19N3O3S2. The van der Waals surface area contributed by atoms with Crippen LogP contribution in [-0.2, 0) is 14.8 Å². The van der Waals surface area contributed by atoms with Crippen molar-refractivity contribution in [2.24, 2.45) is 11.5 Å². The van der Waals surface area contributed by atoms with Crippen molar-refractivity contribution in [1.82, 2.24) is 4.72 Å². The van der Waals surface area contributed by atoms with Crippen LogP contribution in [0.15, 0.2) is 0 Å². The standard InChI is InChI=1S/C9H19N3O3S2/c1-2-7(9(11)16)17(14,15)12-6-4-3-5-8(10)13/h7,12H,2-6H2,1H3,(H2,10,13)(H2,11,16). The second kappa shape index (κ2) is 7.57. The van der Waals surface area contributed by atoms with Gasteiger partial charge in [-0.15, -0.1) is 0 Å². The van der Waals surface area contributed by atoms with Crippen molar-refractivity contribution in [2.45, 2.75) is 37.9 Å². The third-order valence-corrected chi connectivity index (χ3v) is 4.59. The molecule has 0 aliphatic heterocycles. The first-order chi connectivity index (χ1) is 7.81. The first-order valence-corrected chi connectivity index (χ1v) is 7.32. The zero-order chi connectivity index (χ0) is 13.5. The van der Waals surface area contributed by atoms with Gasteiger partial charge in [0.2, 0.25) is 15.9 Å². The topological polar surface area (TPSA) is 115 Å². The maximum absolute atomic E-state index is 11.7. The van der Waals surface area contributed by atoms with Crippen molar-refractivity contribution in [3.05, 3.63) is 0 Å². The van der Waals surface area contributed by atoms with Crippen LogP contribution in [0.5, 0.6) is 0 Å². The molecule has 0 spiro atoms. The molecule has 1 unspecified atom stereocenters. The number of hydrogen-bond acceptors (Lipinski definition) is 4. The lowest BCUT2D eigenvalue weighted by Crippen LogP contribution is -2.41. The highest BCUT2D eigenvalue weighted by Crippen LogP contribution is 2.05. The Morgan fingerprint density at radius 3 is 2.35 bits per heavy atom. The molecule has 1 amide bonds. The van der Waals surface area contributed by atoms with E-state index in [0.717, 1.165) is 0 Å². The fraction of sp³-hybridized carbons (Fsp3) is 0.778. The number of rotatable bonds is 9. The minimum absolute atomic E-state index is 0.0304. The third kappa shape index (κ3) is 6.54. The Morgan fingerprint density at radius 2 is 1.94 bits per heavy atom. The van der Waals surface area contributed by atoms with Gasteiger partial charge in [0, 0.05) is 13.0 Å². The summed E-state index contributed by atoms with van der Waals surface area (Å²) in [5, 5.41) is -0.839. The molecule has 100 valence electrons. The highest BCUT2D eigenvalue weighted by atomic mass is 32.2. The average molecular weight is 281 g/mol. The number of nitrogens with one attached hydrogen (secondary N) is 1. The van der Waals surface area contributed by atoms with E-state index < -0.39 is 15.3 Å². The van der Waals surface area contributed by atoms with Crippen LogP contribution in [0.1, 0.15) is 32.6 Å². The SMILES string of the molecule is CCC(C(N)=S)S(=O)(=O)NCCCCC(N)=O. The zero-order valence-electron chi connectivity index (χ0n) is 9.81. The van der Waals surface area contributed by atoms with Crippen LogP contribution in [0.3, 0.4) is 0 Å². The van der Waals surface area contributed by atoms with Crippen LogP contribution in [0.2, 0.25) is 0 Å². The van der Waals surface area contributed by atoms with Gasteiger partial charge in [0.15, 0.2) is 0 Å². The van der Waals surface area contributed by atoms with E-state index in [4.69, 9.17) is 23.7 Å². The van der Waals surface area contributed by atoms with E-state index in [1.165, 1.54) is 0 Å². The minimum atomic E-state index is -3.50. The third-order valence-electron chi connectivity index (χ3n) is 2.22. The minimum Gasteiger partial charge on any atom is -0.392 e. The molecule has 0 saturated carbocycles. The number of carbonyl (C=O) groups is 1. The largest absolute Gasteiger partial charge is 0.392 e. The van der Waals surface area contributed by atoms with Crippen LogP contribution >= 0.6 is 12.2 Å². The Labute approximate surface area is 107 Å². The molecule has 8 heteroatoms. The lowest BCUT2D eigenvalue weighted by atomic mass is 10.2. The summed E-state index contributed by atoms with van der Waals surface area (Å²) in [6.45, 7) is 1.96. The molecule has 5 N–H and O–H groups in total. The number of carbonyl (C=O) groups excluding carboxylic acids is 1. The highest BCUT2D eigenvalue weighted by molar-refractivity contribution is 7.93. The molecule has 0 aromatic carbocycles. The van der Waals surface area contributed by atoms with Gasteiger partial charge < -0.3 is 11.5 Å².